The van der Waals surface area contributed by atoms with Crippen LogP contribution in [0.15, 0.2) is 24.3 Å². The highest BCUT2D eigenvalue weighted by Crippen LogP contribution is 2.29. The number of ether oxygens (including phenoxy) is 1. The molecular weight excluding hydrogens is 260 g/mol. The van der Waals surface area contributed by atoms with Gasteiger partial charge in [-0.15, -0.1) is 0 Å². The molecule has 1 aromatic carbocycles. The Morgan fingerprint density at radius 3 is 2.62 bits per heavy atom. The lowest BCUT2D eigenvalue weighted by Crippen LogP contribution is -2.36. The summed E-state index contributed by atoms with van der Waals surface area (Å²) in [7, 11) is 0. The molecule has 1 saturated heterocycles. The normalized spacial score (nSPS) is 21.9. The van der Waals surface area contributed by atoms with Gasteiger partial charge in [0.15, 0.2) is 0 Å². The number of rotatable bonds is 8. The van der Waals surface area contributed by atoms with E-state index in [4.69, 9.17) is 4.74 Å². The molecule has 1 aliphatic heterocycles. The number of benzene rings is 1. The van der Waals surface area contributed by atoms with Crippen molar-refractivity contribution in [3.8, 4) is 5.75 Å². The van der Waals surface area contributed by atoms with Gasteiger partial charge in [0.25, 0.3) is 0 Å². The van der Waals surface area contributed by atoms with E-state index in [-0.39, 0.29) is 0 Å². The smallest absolute Gasteiger partial charge is 0.119 e. The molecule has 3 nitrogen and oxygen atoms in total. The predicted molar refractivity (Wildman–Crippen MR) is 86.6 cm³/mol. The molecule has 1 heterocycles. The molecular formula is C18H28N2O. The average Bonchev–Trinajstić information content (AvgIpc) is 3.18. The highest BCUT2D eigenvalue weighted by atomic mass is 16.5. The van der Waals surface area contributed by atoms with E-state index in [1.165, 1.54) is 44.3 Å². The fourth-order valence-corrected chi connectivity index (χ4v) is 3.05. The molecule has 0 spiro atoms. The second-order valence-electron chi connectivity index (χ2n) is 6.52. The molecule has 116 valence electrons. The summed E-state index contributed by atoms with van der Waals surface area (Å²) in [6.07, 6.45) is 5.20. The Bertz CT molecular complexity index is 421. The third-order valence-electron chi connectivity index (χ3n) is 4.55. The van der Waals surface area contributed by atoms with Gasteiger partial charge in [0.2, 0.25) is 0 Å². The zero-order valence-corrected chi connectivity index (χ0v) is 13.2. The van der Waals surface area contributed by atoms with Crippen molar-refractivity contribution >= 4 is 0 Å². The van der Waals surface area contributed by atoms with Crippen molar-refractivity contribution in [1.82, 2.24) is 10.2 Å². The van der Waals surface area contributed by atoms with E-state index in [1.807, 2.05) is 0 Å². The van der Waals surface area contributed by atoms with Crippen LogP contribution in [0.4, 0.5) is 0 Å². The van der Waals surface area contributed by atoms with Crippen molar-refractivity contribution in [2.45, 2.75) is 45.2 Å². The summed E-state index contributed by atoms with van der Waals surface area (Å²) >= 11 is 0. The number of hydrogen-bond acceptors (Lipinski definition) is 3. The van der Waals surface area contributed by atoms with Gasteiger partial charge in [-0.1, -0.05) is 19.1 Å². The minimum absolute atomic E-state index is 0.704. The Morgan fingerprint density at radius 2 is 2.00 bits per heavy atom. The van der Waals surface area contributed by atoms with E-state index in [0.29, 0.717) is 6.04 Å². The first kappa shape index (κ1) is 14.9. The Kier molecular flexibility index (Phi) is 5.15. The number of nitrogens with one attached hydrogen (secondary N) is 1. The lowest BCUT2D eigenvalue weighted by atomic mass is 10.1. The summed E-state index contributed by atoms with van der Waals surface area (Å²) in [4.78, 5) is 2.63. The molecule has 0 aromatic heterocycles. The van der Waals surface area contributed by atoms with E-state index < -0.39 is 0 Å². The van der Waals surface area contributed by atoms with Gasteiger partial charge in [-0.05, 0) is 62.4 Å². The maximum atomic E-state index is 5.81. The summed E-state index contributed by atoms with van der Waals surface area (Å²) in [6.45, 7) is 7.72. The molecule has 1 aliphatic carbocycles. The molecule has 1 saturated carbocycles. The molecule has 0 amide bonds. The summed E-state index contributed by atoms with van der Waals surface area (Å²) in [6, 6.07) is 9.43. The molecule has 1 unspecified atom stereocenters. The molecule has 3 heteroatoms. The minimum atomic E-state index is 0.704. The average molecular weight is 288 g/mol. The zero-order chi connectivity index (χ0) is 14.5. The highest BCUT2D eigenvalue weighted by molar-refractivity contribution is 5.27. The van der Waals surface area contributed by atoms with Crippen LogP contribution >= 0.6 is 0 Å². The molecule has 1 aromatic rings. The molecule has 0 radical (unpaired) electrons. The van der Waals surface area contributed by atoms with Crippen LogP contribution < -0.4 is 10.1 Å². The van der Waals surface area contributed by atoms with E-state index in [9.17, 15) is 0 Å². The maximum absolute atomic E-state index is 5.81. The second kappa shape index (κ2) is 7.28. The quantitative estimate of drug-likeness (QED) is 0.795. The molecule has 1 atom stereocenters. The van der Waals surface area contributed by atoms with Crippen molar-refractivity contribution in [3.05, 3.63) is 29.8 Å². The van der Waals surface area contributed by atoms with Crippen LogP contribution in [0, 0.1) is 5.92 Å². The van der Waals surface area contributed by atoms with Gasteiger partial charge < -0.3 is 10.1 Å². The van der Waals surface area contributed by atoms with Crippen molar-refractivity contribution in [3.63, 3.8) is 0 Å². The van der Waals surface area contributed by atoms with Gasteiger partial charge in [-0.25, -0.2) is 0 Å². The van der Waals surface area contributed by atoms with Crippen molar-refractivity contribution in [2.75, 3.05) is 26.2 Å². The lowest BCUT2D eigenvalue weighted by Gasteiger charge is -2.28. The van der Waals surface area contributed by atoms with Crippen LogP contribution in [-0.4, -0.2) is 37.2 Å². The van der Waals surface area contributed by atoms with Gasteiger partial charge >= 0.3 is 0 Å². The number of hydrogen-bond donors (Lipinski definition) is 1. The molecule has 1 N–H and O–H groups in total. The van der Waals surface area contributed by atoms with E-state index in [1.54, 1.807) is 0 Å². The third-order valence-corrected chi connectivity index (χ3v) is 4.55. The molecule has 2 fully saturated rings. The van der Waals surface area contributed by atoms with Crippen LogP contribution in [0.25, 0.3) is 0 Å². The van der Waals surface area contributed by atoms with Crippen molar-refractivity contribution in [1.29, 1.82) is 0 Å². The largest absolute Gasteiger partial charge is 0.493 e. The first-order valence-electron chi connectivity index (χ1n) is 8.51. The fraction of sp³-hybridized carbons (Fsp3) is 0.667. The summed E-state index contributed by atoms with van der Waals surface area (Å²) in [5, 5.41) is 3.48. The summed E-state index contributed by atoms with van der Waals surface area (Å²) < 4.78 is 5.81. The SMILES string of the molecule is CCCN(Cc1ccc(OCC2CC2)cc1)C1CCNC1. The first-order chi connectivity index (χ1) is 10.3. The van der Waals surface area contributed by atoms with Crippen molar-refractivity contribution in [2.24, 2.45) is 5.92 Å². The Morgan fingerprint density at radius 1 is 1.19 bits per heavy atom. The maximum Gasteiger partial charge on any atom is 0.119 e. The fourth-order valence-electron chi connectivity index (χ4n) is 3.05. The summed E-state index contributed by atoms with van der Waals surface area (Å²) in [5.74, 6) is 1.84. The van der Waals surface area contributed by atoms with E-state index >= 15 is 0 Å². The standard InChI is InChI=1S/C18H28N2O/c1-2-11-20(17-9-10-19-12-17)13-15-5-7-18(8-6-15)21-14-16-3-4-16/h5-8,16-17,19H,2-4,9-14H2,1H3. The minimum Gasteiger partial charge on any atom is -0.493 e. The monoisotopic (exact) mass is 288 g/mol. The van der Waals surface area contributed by atoms with Crippen molar-refractivity contribution < 1.29 is 4.74 Å². The first-order valence-corrected chi connectivity index (χ1v) is 8.51. The molecule has 3 rings (SSSR count). The lowest BCUT2D eigenvalue weighted by molar-refractivity contribution is 0.199. The van der Waals surface area contributed by atoms with Crippen LogP contribution in [0.2, 0.25) is 0 Å². The Balaban J connectivity index is 1.53. The van der Waals surface area contributed by atoms with E-state index in [2.05, 4.69) is 41.4 Å². The van der Waals surface area contributed by atoms with Gasteiger partial charge in [-0.3, -0.25) is 4.90 Å². The van der Waals surface area contributed by atoms with Gasteiger partial charge in [-0.2, -0.15) is 0 Å². The Labute approximate surface area is 128 Å². The summed E-state index contributed by atoms with van der Waals surface area (Å²) in [5.41, 5.74) is 1.40. The molecule has 0 bridgehead atoms. The van der Waals surface area contributed by atoms with Gasteiger partial charge in [0.05, 0.1) is 6.61 Å². The van der Waals surface area contributed by atoms with Crippen LogP contribution in [0.5, 0.6) is 5.75 Å². The second-order valence-corrected chi connectivity index (χ2v) is 6.52. The highest BCUT2D eigenvalue weighted by Gasteiger charge is 2.22. The number of nitrogens with zero attached hydrogens (tertiary/aromatic N) is 1. The van der Waals surface area contributed by atoms with Crippen LogP contribution in [0.1, 0.15) is 38.2 Å². The van der Waals surface area contributed by atoms with Crippen LogP contribution in [0.3, 0.4) is 0 Å². The van der Waals surface area contributed by atoms with Gasteiger partial charge in [0.1, 0.15) is 5.75 Å². The van der Waals surface area contributed by atoms with Crippen LogP contribution in [-0.2, 0) is 6.54 Å². The van der Waals surface area contributed by atoms with E-state index in [0.717, 1.165) is 31.4 Å². The zero-order valence-electron chi connectivity index (χ0n) is 13.2. The third kappa shape index (κ3) is 4.45. The Hall–Kier alpha value is -1.06. The molecule has 21 heavy (non-hydrogen) atoms. The topological polar surface area (TPSA) is 24.5 Å². The predicted octanol–water partition coefficient (Wildman–Crippen LogP) is 3.05. The molecule has 2 aliphatic rings. The van der Waals surface area contributed by atoms with Gasteiger partial charge in [0, 0.05) is 19.1 Å².